The van der Waals surface area contributed by atoms with Crippen LogP contribution in [-0.4, -0.2) is 29.4 Å². The van der Waals surface area contributed by atoms with Gasteiger partial charge in [-0.1, -0.05) is 44.5 Å². The van der Waals surface area contributed by atoms with Gasteiger partial charge in [0.05, 0.1) is 6.04 Å². The molecule has 4 unspecified atom stereocenters. The maximum Gasteiger partial charge on any atom is 0.240 e. The van der Waals surface area contributed by atoms with Crippen molar-refractivity contribution in [1.82, 2.24) is 4.90 Å². The Labute approximate surface area is 140 Å². The molecule has 1 aromatic rings. The molecule has 1 heterocycles. The minimum Gasteiger partial charge on any atom is -0.338 e. The van der Waals surface area contributed by atoms with Gasteiger partial charge in [-0.3, -0.25) is 4.79 Å². The molecule has 1 saturated heterocycles. The quantitative estimate of drug-likeness (QED) is 0.921. The highest BCUT2D eigenvalue weighted by Crippen LogP contribution is 2.33. The third kappa shape index (κ3) is 3.82. The van der Waals surface area contributed by atoms with Gasteiger partial charge in [-0.05, 0) is 37.3 Å². The van der Waals surface area contributed by atoms with Crippen LogP contribution in [-0.2, 0) is 4.79 Å². The zero-order chi connectivity index (χ0) is 15.6. The van der Waals surface area contributed by atoms with Crippen LogP contribution in [0.1, 0.15) is 50.7 Å². The van der Waals surface area contributed by atoms with Crippen LogP contribution >= 0.6 is 12.4 Å². The van der Waals surface area contributed by atoms with E-state index < -0.39 is 0 Å². The summed E-state index contributed by atoms with van der Waals surface area (Å²) in [6.07, 6.45) is 1.97. The van der Waals surface area contributed by atoms with Crippen molar-refractivity contribution in [3.05, 3.63) is 35.4 Å². The first kappa shape index (κ1) is 19.0. The maximum atomic E-state index is 12.6. The normalized spacial score (nSPS) is 23.8. The number of benzene rings is 1. The zero-order valence-corrected chi connectivity index (χ0v) is 14.9. The predicted molar refractivity (Wildman–Crippen MR) is 94.4 cm³/mol. The van der Waals surface area contributed by atoms with Crippen LogP contribution in [0.5, 0.6) is 0 Å². The molecule has 4 heteroatoms. The lowest BCUT2D eigenvalue weighted by Crippen LogP contribution is -2.48. The van der Waals surface area contributed by atoms with Crippen molar-refractivity contribution in [2.75, 3.05) is 6.54 Å². The standard InChI is InChI=1S/C18H28N2O.ClH/c1-5-12(2)17(19)18(21)20-11-15(10-14(20)4)16-9-7-6-8-13(16)3;/h6-9,12,14-15,17H,5,10-11,19H2,1-4H3;1H. The molecule has 1 aromatic carbocycles. The number of likely N-dealkylation sites (tertiary alicyclic amines) is 1. The number of hydrogen-bond acceptors (Lipinski definition) is 2. The highest BCUT2D eigenvalue weighted by molar-refractivity contribution is 5.85. The molecule has 1 amide bonds. The summed E-state index contributed by atoms with van der Waals surface area (Å²) in [6, 6.07) is 8.40. The number of carbonyl (C=O) groups is 1. The fourth-order valence-electron chi connectivity index (χ4n) is 3.30. The number of nitrogens with two attached hydrogens (primary N) is 1. The van der Waals surface area contributed by atoms with E-state index in [4.69, 9.17) is 5.73 Å². The third-order valence-corrected chi connectivity index (χ3v) is 5.03. The van der Waals surface area contributed by atoms with Gasteiger partial charge in [0.15, 0.2) is 0 Å². The summed E-state index contributed by atoms with van der Waals surface area (Å²) < 4.78 is 0. The van der Waals surface area contributed by atoms with E-state index in [9.17, 15) is 4.79 Å². The summed E-state index contributed by atoms with van der Waals surface area (Å²) in [5, 5.41) is 0. The Hall–Kier alpha value is -1.06. The molecule has 0 radical (unpaired) electrons. The average molecular weight is 325 g/mol. The fourth-order valence-corrected chi connectivity index (χ4v) is 3.30. The second-order valence-electron chi connectivity index (χ2n) is 6.54. The van der Waals surface area contributed by atoms with Crippen LogP contribution in [0.4, 0.5) is 0 Å². The third-order valence-electron chi connectivity index (χ3n) is 5.03. The molecule has 0 saturated carbocycles. The molecular formula is C18H29ClN2O. The molecule has 0 bridgehead atoms. The summed E-state index contributed by atoms with van der Waals surface area (Å²) >= 11 is 0. The molecule has 1 aliphatic heterocycles. The Morgan fingerprint density at radius 1 is 1.41 bits per heavy atom. The van der Waals surface area contributed by atoms with E-state index in [-0.39, 0.29) is 36.3 Å². The van der Waals surface area contributed by atoms with Crippen LogP contribution in [0.15, 0.2) is 24.3 Å². The highest BCUT2D eigenvalue weighted by atomic mass is 35.5. The summed E-state index contributed by atoms with van der Waals surface area (Å²) in [5.74, 6) is 0.796. The first-order valence-electron chi connectivity index (χ1n) is 8.07. The maximum absolute atomic E-state index is 12.6. The van der Waals surface area contributed by atoms with Crippen LogP contribution in [0.2, 0.25) is 0 Å². The monoisotopic (exact) mass is 324 g/mol. The minimum atomic E-state index is -0.368. The van der Waals surface area contributed by atoms with Crippen molar-refractivity contribution >= 4 is 18.3 Å². The van der Waals surface area contributed by atoms with Crippen LogP contribution in [0.25, 0.3) is 0 Å². The van der Waals surface area contributed by atoms with E-state index in [0.29, 0.717) is 5.92 Å². The number of amides is 1. The molecule has 1 aliphatic rings. The van der Waals surface area contributed by atoms with Gasteiger partial charge in [0.2, 0.25) is 5.91 Å². The molecule has 1 fully saturated rings. The Bertz CT molecular complexity index is 506. The second-order valence-corrected chi connectivity index (χ2v) is 6.54. The lowest BCUT2D eigenvalue weighted by molar-refractivity contribution is -0.134. The molecular weight excluding hydrogens is 296 g/mol. The Morgan fingerprint density at radius 2 is 2.05 bits per heavy atom. The summed E-state index contributed by atoms with van der Waals surface area (Å²) in [4.78, 5) is 14.6. The molecule has 0 aromatic heterocycles. The molecule has 3 nitrogen and oxygen atoms in total. The summed E-state index contributed by atoms with van der Waals surface area (Å²) in [7, 11) is 0. The van der Waals surface area contributed by atoms with Crippen molar-refractivity contribution in [1.29, 1.82) is 0 Å². The van der Waals surface area contributed by atoms with Gasteiger partial charge >= 0.3 is 0 Å². The largest absolute Gasteiger partial charge is 0.338 e. The van der Waals surface area contributed by atoms with E-state index in [2.05, 4.69) is 52.0 Å². The van der Waals surface area contributed by atoms with E-state index in [1.54, 1.807) is 0 Å². The van der Waals surface area contributed by atoms with Gasteiger partial charge in [0.25, 0.3) is 0 Å². The number of aryl methyl sites for hydroxylation is 1. The zero-order valence-electron chi connectivity index (χ0n) is 14.1. The molecule has 2 rings (SSSR count). The van der Waals surface area contributed by atoms with E-state index in [1.165, 1.54) is 11.1 Å². The van der Waals surface area contributed by atoms with Crippen LogP contribution in [0, 0.1) is 12.8 Å². The number of nitrogens with zero attached hydrogens (tertiary/aromatic N) is 1. The number of hydrogen-bond donors (Lipinski definition) is 1. The Morgan fingerprint density at radius 3 is 2.64 bits per heavy atom. The van der Waals surface area contributed by atoms with E-state index >= 15 is 0 Å². The number of halogens is 1. The SMILES string of the molecule is CCC(C)C(N)C(=O)N1CC(c2ccccc2C)CC1C.Cl. The Kier molecular flexibility index (Phi) is 6.89. The first-order valence-corrected chi connectivity index (χ1v) is 8.07. The molecule has 4 atom stereocenters. The van der Waals surface area contributed by atoms with Crippen molar-refractivity contribution in [2.45, 2.75) is 58.5 Å². The second kappa shape index (κ2) is 7.98. The molecule has 0 spiro atoms. The van der Waals surface area contributed by atoms with Crippen LogP contribution < -0.4 is 5.73 Å². The highest BCUT2D eigenvalue weighted by Gasteiger charge is 2.36. The number of carbonyl (C=O) groups excluding carboxylic acids is 1. The predicted octanol–water partition coefficient (Wildman–Crippen LogP) is 3.49. The molecule has 2 N–H and O–H groups in total. The van der Waals surface area contributed by atoms with Gasteiger partial charge in [-0.2, -0.15) is 0 Å². The molecule has 124 valence electrons. The average Bonchev–Trinajstić information content (AvgIpc) is 2.87. The topological polar surface area (TPSA) is 46.3 Å². The van der Waals surface area contributed by atoms with Gasteiger partial charge in [-0.25, -0.2) is 0 Å². The van der Waals surface area contributed by atoms with Crippen molar-refractivity contribution in [3.8, 4) is 0 Å². The lowest BCUT2D eigenvalue weighted by Gasteiger charge is -2.27. The number of rotatable bonds is 4. The van der Waals surface area contributed by atoms with E-state index in [1.807, 2.05) is 4.90 Å². The molecule has 22 heavy (non-hydrogen) atoms. The first-order chi connectivity index (χ1) is 9.95. The minimum absolute atomic E-state index is 0. The Balaban J connectivity index is 0.00000242. The fraction of sp³-hybridized carbons (Fsp3) is 0.611. The van der Waals surface area contributed by atoms with Gasteiger partial charge in [0, 0.05) is 18.5 Å². The van der Waals surface area contributed by atoms with Gasteiger partial charge in [-0.15, -0.1) is 12.4 Å². The lowest BCUT2D eigenvalue weighted by atomic mass is 9.93. The summed E-state index contributed by atoms with van der Waals surface area (Å²) in [5.41, 5.74) is 8.82. The van der Waals surface area contributed by atoms with Crippen LogP contribution in [0.3, 0.4) is 0 Å². The van der Waals surface area contributed by atoms with Crippen molar-refractivity contribution in [2.24, 2.45) is 11.7 Å². The van der Waals surface area contributed by atoms with Crippen molar-refractivity contribution in [3.63, 3.8) is 0 Å². The van der Waals surface area contributed by atoms with E-state index in [0.717, 1.165) is 19.4 Å². The van der Waals surface area contributed by atoms with Gasteiger partial charge < -0.3 is 10.6 Å². The van der Waals surface area contributed by atoms with Gasteiger partial charge in [0.1, 0.15) is 0 Å². The summed E-state index contributed by atoms with van der Waals surface area (Å²) in [6.45, 7) is 9.23. The smallest absolute Gasteiger partial charge is 0.240 e. The molecule has 0 aliphatic carbocycles. The van der Waals surface area contributed by atoms with Crippen molar-refractivity contribution < 1.29 is 4.79 Å².